The van der Waals surface area contributed by atoms with E-state index in [1.807, 2.05) is 39.8 Å². The Labute approximate surface area is 141 Å². The zero-order valence-corrected chi connectivity index (χ0v) is 14.4. The second-order valence-electron chi connectivity index (χ2n) is 6.93. The summed E-state index contributed by atoms with van der Waals surface area (Å²) in [5, 5.41) is 2.85. The highest BCUT2D eigenvalue weighted by atomic mass is 16.5. The Morgan fingerprint density at radius 1 is 1.08 bits per heavy atom. The van der Waals surface area contributed by atoms with Gasteiger partial charge in [-0.2, -0.15) is 0 Å². The molecule has 0 saturated heterocycles. The fraction of sp³-hybridized carbons (Fsp3) is 0.300. The Morgan fingerprint density at radius 3 is 2.54 bits per heavy atom. The van der Waals surface area contributed by atoms with E-state index in [0.29, 0.717) is 29.0 Å². The van der Waals surface area contributed by atoms with Gasteiger partial charge in [-0.25, -0.2) is 0 Å². The van der Waals surface area contributed by atoms with Gasteiger partial charge < -0.3 is 10.1 Å². The van der Waals surface area contributed by atoms with Crippen LogP contribution in [0.1, 0.15) is 52.1 Å². The molecule has 1 aliphatic heterocycles. The number of carbonyl (C=O) groups excluding carboxylic acids is 2. The molecule has 4 nitrogen and oxygen atoms in total. The normalized spacial score (nSPS) is 15.4. The monoisotopic (exact) mass is 323 g/mol. The third-order valence-corrected chi connectivity index (χ3v) is 4.28. The van der Waals surface area contributed by atoms with Crippen molar-refractivity contribution in [2.45, 2.75) is 39.7 Å². The van der Waals surface area contributed by atoms with Crippen molar-refractivity contribution in [1.29, 1.82) is 0 Å². The molecule has 1 aliphatic rings. The SMILES string of the molecule is Cc1ccc(C(=O)Nc2ccc3c(c2)C(=O)CC(C)(C)O3)cc1C. The molecule has 1 heterocycles. The lowest BCUT2D eigenvalue weighted by molar-refractivity contribution is 0.0620. The molecule has 0 aliphatic carbocycles. The number of fused-ring (bicyclic) bond motifs is 1. The molecule has 0 spiro atoms. The number of rotatable bonds is 2. The van der Waals surface area contributed by atoms with Crippen LogP contribution < -0.4 is 10.1 Å². The smallest absolute Gasteiger partial charge is 0.255 e. The number of Topliss-reactive ketones (excluding diaryl/α,β-unsaturated/α-hetero) is 1. The number of anilines is 1. The molecule has 4 heteroatoms. The summed E-state index contributed by atoms with van der Waals surface area (Å²) < 4.78 is 5.83. The topological polar surface area (TPSA) is 55.4 Å². The Kier molecular flexibility index (Phi) is 3.91. The third kappa shape index (κ3) is 3.18. The summed E-state index contributed by atoms with van der Waals surface area (Å²) >= 11 is 0. The lowest BCUT2D eigenvalue weighted by Crippen LogP contribution is -2.35. The fourth-order valence-electron chi connectivity index (χ4n) is 2.82. The molecule has 24 heavy (non-hydrogen) atoms. The summed E-state index contributed by atoms with van der Waals surface area (Å²) in [6, 6.07) is 10.8. The van der Waals surface area contributed by atoms with Crippen LogP contribution in [0.5, 0.6) is 5.75 Å². The van der Waals surface area contributed by atoms with Crippen molar-refractivity contribution >= 4 is 17.4 Å². The number of amides is 1. The second kappa shape index (κ2) is 5.78. The zero-order valence-electron chi connectivity index (χ0n) is 14.4. The Hall–Kier alpha value is -2.62. The first-order valence-electron chi connectivity index (χ1n) is 8.00. The Balaban J connectivity index is 1.84. The van der Waals surface area contributed by atoms with Crippen molar-refractivity contribution < 1.29 is 14.3 Å². The van der Waals surface area contributed by atoms with Crippen LogP contribution in [0.25, 0.3) is 0 Å². The maximum Gasteiger partial charge on any atom is 0.255 e. The van der Waals surface area contributed by atoms with Crippen LogP contribution in [0.3, 0.4) is 0 Å². The summed E-state index contributed by atoms with van der Waals surface area (Å²) in [5.74, 6) is 0.409. The van der Waals surface area contributed by atoms with Crippen LogP contribution in [-0.2, 0) is 0 Å². The van der Waals surface area contributed by atoms with Gasteiger partial charge in [-0.15, -0.1) is 0 Å². The highest BCUT2D eigenvalue weighted by Gasteiger charge is 2.32. The molecule has 0 saturated carbocycles. The highest BCUT2D eigenvalue weighted by molar-refractivity contribution is 6.06. The minimum absolute atomic E-state index is 0.0310. The van der Waals surface area contributed by atoms with Crippen LogP contribution in [0.15, 0.2) is 36.4 Å². The molecule has 0 radical (unpaired) electrons. The Bertz CT molecular complexity index is 837. The van der Waals surface area contributed by atoms with Gasteiger partial charge in [-0.05, 0) is 69.2 Å². The van der Waals surface area contributed by atoms with Crippen LogP contribution >= 0.6 is 0 Å². The average Bonchev–Trinajstić information content (AvgIpc) is 2.49. The van der Waals surface area contributed by atoms with Crippen LogP contribution in [0.4, 0.5) is 5.69 Å². The van der Waals surface area contributed by atoms with Gasteiger partial charge in [0, 0.05) is 11.3 Å². The lowest BCUT2D eigenvalue weighted by atomic mass is 9.93. The van der Waals surface area contributed by atoms with Gasteiger partial charge in [0.1, 0.15) is 11.4 Å². The van der Waals surface area contributed by atoms with Crippen molar-refractivity contribution in [3.8, 4) is 5.75 Å². The predicted molar refractivity (Wildman–Crippen MR) is 94.0 cm³/mol. The predicted octanol–water partition coefficient (Wildman–Crippen LogP) is 4.30. The maximum absolute atomic E-state index is 12.4. The van der Waals surface area contributed by atoms with Crippen LogP contribution in [-0.4, -0.2) is 17.3 Å². The van der Waals surface area contributed by atoms with Gasteiger partial charge in [0.2, 0.25) is 0 Å². The summed E-state index contributed by atoms with van der Waals surface area (Å²) in [7, 11) is 0. The van der Waals surface area contributed by atoms with Gasteiger partial charge in [0.15, 0.2) is 5.78 Å². The molecule has 0 bridgehead atoms. The molecule has 3 rings (SSSR count). The quantitative estimate of drug-likeness (QED) is 0.896. The molecule has 1 N–H and O–H groups in total. The van der Waals surface area contributed by atoms with E-state index in [1.54, 1.807) is 24.3 Å². The van der Waals surface area contributed by atoms with E-state index in [2.05, 4.69) is 5.32 Å². The number of carbonyl (C=O) groups is 2. The molecule has 2 aromatic rings. The number of hydrogen-bond acceptors (Lipinski definition) is 3. The fourth-order valence-corrected chi connectivity index (χ4v) is 2.82. The summed E-state index contributed by atoms with van der Waals surface area (Å²) in [6.45, 7) is 7.77. The number of ketones is 1. The highest BCUT2D eigenvalue weighted by Crippen LogP contribution is 2.34. The molecule has 0 fully saturated rings. The zero-order chi connectivity index (χ0) is 17.5. The number of ether oxygens (including phenoxy) is 1. The van der Waals surface area contributed by atoms with E-state index in [9.17, 15) is 9.59 Å². The van der Waals surface area contributed by atoms with Gasteiger partial charge >= 0.3 is 0 Å². The molecular formula is C20H21NO3. The number of hydrogen-bond donors (Lipinski definition) is 1. The molecular weight excluding hydrogens is 302 g/mol. The molecule has 0 atom stereocenters. The molecule has 1 amide bonds. The van der Waals surface area contributed by atoms with E-state index in [4.69, 9.17) is 4.74 Å². The first-order chi connectivity index (χ1) is 11.2. The lowest BCUT2D eigenvalue weighted by Gasteiger charge is -2.31. The van der Waals surface area contributed by atoms with Crippen molar-refractivity contribution in [3.63, 3.8) is 0 Å². The van der Waals surface area contributed by atoms with Crippen molar-refractivity contribution in [2.75, 3.05) is 5.32 Å². The second-order valence-corrected chi connectivity index (χ2v) is 6.93. The van der Waals surface area contributed by atoms with Gasteiger partial charge in [0.05, 0.1) is 12.0 Å². The standard InChI is InChI=1S/C20H21NO3/c1-12-5-6-14(9-13(12)2)19(23)21-15-7-8-18-16(10-15)17(22)11-20(3,4)24-18/h5-10H,11H2,1-4H3,(H,21,23). The minimum Gasteiger partial charge on any atom is -0.487 e. The summed E-state index contributed by atoms with van der Waals surface area (Å²) in [6.07, 6.45) is 0.328. The van der Waals surface area contributed by atoms with Crippen molar-refractivity contribution in [2.24, 2.45) is 0 Å². The van der Waals surface area contributed by atoms with E-state index in [1.165, 1.54) is 0 Å². The molecule has 124 valence electrons. The van der Waals surface area contributed by atoms with Crippen LogP contribution in [0, 0.1) is 13.8 Å². The molecule has 0 aromatic heterocycles. The molecule has 0 unspecified atom stereocenters. The minimum atomic E-state index is -0.492. The maximum atomic E-state index is 12.4. The summed E-state index contributed by atoms with van der Waals surface area (Å²) in [5.41, 5.74) is 3.43. The van der Waals surface area contributed by atoms with Gasteiger partial charge in [0.25, 0.3) is 5.91 Å². The van der Waals surface area contributed by atoms with Gasteiger partial charge in [-0.1, -0.05) is 6.07 Å². The van der Waals surface area contributed by atoms with Crippen molar-refractivity contribution in [3.05, 3.63) is 58.7 Å². The van der Waals surface area contributed by atoms with E-state index >= 15 is 0 Å². The van der Waals surface area contributed by atoms with E-state index in [-0.39, 0.29) is 11.7 Å². The van der Waals surface area contributed by atoms with E-state index < -0.39 is 5.60 Å². The third-order valence-electron chi connectivity index (χ3n) is 4.28. The number of benzene rings is 2. The molecule has 2 aromatic carbocycles. The van der Waals surface area contributed by atoms with Gasteiger partial charge in [-0.3, -0.25) is 9.59 Å². The average molecular weight is 323 g/mol. The Morgan fingerprint density at radius 2 is 1.83 bits per heavy atom. The van der Waals surface area contributed by atoms with E-state index in [0.717, 1.165) is 11.1 Å². The van der Waals surface area contributed by atoms with Crippen molar-refractivity contribution in [1.82, 2.24) is 0 Å². The summed E-state index contributed by atoms with van der Waals surface area (Å²) in [4.78, 5) is 24.7. The van der Waals surface area contributed by atoms with Crippen LogP contribution in [0.2, 0.25) is 0 Å². The largest absolute Gasteiger partial charge is 0.487 e. The first-order valence-corrected chi connectivity index (χ1v) is 8.00. The number of nitrogens with one attached hydrogen (secondary N) is 1. The number of aryl methyl sites for hydroxylation is 2. The first kappa shape index (κ1) is 16.2.